The summed E-state index contributed by atoms with van der Waals surface area (Å²) < 4.78 is 28.2. The first-order chi connectivity index (χ1) is 11.3. The highest BCUT2D eigenvalue weighted by Gasteiger charge is 2.35. The van der Waals surface area contributed by atoms with Crippen LogP contribution in [0.25, 0.3) is 0 Å². The molecule has 3 rings (SSSR count). The summed E-state index contributed by atoms with van der Waals surface area (Å²) in [6, 6.07) is 4.98. The molecule has 1 saturated heterocycles. The molecule has 1 N–H and O–H groups in total. The number of β-amino-alcohol motifs (C(OH)–C–C–N with tert-alkyl or cyclic N) is 1. The number of aliphatic hydroxyl groups excluding tert-OH is 1. The molecule has 24 heavy (non-hydrogen) atoms. The zero-order valence-electron chi connectivity index (χ0n) is 13.5. The first-order valence-corrected chi connectivity index (χ1v) is 7.78. The van der Waals surface area contributed by atoms with Gasteiger partial charge in [-0.1, -0.05) is 6.07 Å². The molecule has 1 aromatic heterocycles. The molecule has 1 fully saturated rings. The molecular weight excluding hydrogens is 316 g/mol. The number of benzene rings is 1. The molecule has 0 radical (unpaired) electrons. The Bertz CT molecular complexity index is 775. The largest absolute Gasteiger partial charge is 0.391 e. The van der Waals surface area contributed by atoms with Gasteiger partial charge in [-0.3, -0.25) is 9.48 Å². The lowest BCUT2D eigenvalue weighted by Gasteiger charge is -2.25. The summed E-state index contributed by atoms with van der Waals surface area (Å²) in [4.78, 5) is 14.2. The van der Waals surface area contributed by atoms with Crippen molar-refractivity contribution in [3.8, 4) is 0 Å². The number of rotatable bonds is 3. The summed E-state index contributed by atoms with van der Waals surface area (Å²) in [6.07, 6.45) is -0.388. The van der Waals surface area contributed by atoms with Crippen LogP contribution in [0.4, 0.5) is 8.78 Å². The van der Waals surface area contributed by atoms with Crippen molar-refractivity contribution in [3.63, 3.8) is 0 Å². The zero-order chi connectivity index (χ0) is 17.4. The van der Waals surface area contributed by atoms with E-state index in [0.717, 1.165) is 23.5 Å². The number of aromatic nitrogens is 2. The van der Waals surface area contributed by atoms with E-state index >= 15 is 0 Å². The van der Waals surface area contributed by atoms with Crippen molar-refractivity contribution in [2.75, 3.05) is 6.54 Å². The van der Waals surface area contributed by atoms with Gasteiger partial charge in [-0.15, -0.1) is 0 Å². The molecule has 2 aromatic rings. The molecule has 1 amide bonds. The minimum atomic E-state index is -0.958. The molecule has 0 aliphatic carbocycles. The van der Waals surface area contributed by atoms with Crippen molar-refractivity contribution in [2.45, 2.75) is 39.0 Å². The second kappa shape index (κ2) is 6.32. The zero-order valence-corrected chi connectivity index (χ0v) is 13.5. The van der Waals surface area contributed by atoms with Gasteiger partial charge in [0.2, 0.25) is 5.91 Å². The minimum Gasteiger partial charge on any atom is -0.391 e. The van der Waals surface area contributed by atoms with Crippen LogP contribution in [0, 0.1) is 25.5 Å². The third-order valence-electron chi connectivity index (χ3n) is 4.32. The predicted octanol–water partition coefficient (Wildman–Crippen LogP) is 2.11. The van der Waals surface area contributed by atoms with Crippen LogP contribution in [-0.2, 0) is 11.3 Å². The van der Waals surface area contributed by atoms with E-state index in [0.29, 0.717) is 12.0 Å². The highest BCUT2D eigenvalue weighted by Crippen LogP contribution is 2.33. The number of hydrogen-bond donors (Lipinski definition) is 1. The van der Waals surface area contributed by atoms with Gasteiger partial charge in [0.25, 0.3) is 0 Å². The average molecular weight is 335 g/mol. The summed E-state index contributed by atoms with van der Waals surface area (Å²) in [5, 5.41) is 14.2. The first kappa shape index (κ1) is 16.6. The summed E-state index contributed by atoms with van der Waals surface area (Å²) in [5.74, 6) is -2.11. The van der Waals surface area contributed by atoms with Gasteiger partial charge in [0.15, 0.2) is 11.6 Å². The Kier molecular flexibility index (Phi) is 4.36. The second-order valence-corrected chi connectivity index (χ2v) is 6.21. The summed E-state index contributed by atoms with van der Waals surface area (Å²) in [6.45, 7) is 3.92. The molecule has 0 unspecified atom stereocenters. The number of likely N-dealkylation sites (tertiary alicyclic amines) is 1. The molecule has 2 atom stereocenters. The van der Waals surface area contributed by atoms with Crippen LogP contribution in [0.2, 0.25) is 0 Å². The summed E-state index contributed by atoms with van der Waals surface area (Å²) in [5.41, 5.74) is 2.16. The molecule has 5 nitrogen and oxygen atoms in total. The molecule has 7 heteroatoms. The number of amides is 1. The molecule has 1 aliphatic heterocycles. The van der Waals surface area contributed by atoms with Gasteiger partial charge < -0.3 is 10.0 Å². The molecule has 1 aromatic carbocycles. The van der Waals surface area contributed by atoms with Crippen LogP contribution in [-0.4, -0.2) is 38.3 Å². The molecule has 128 valence electrons. The lowest BCUT2D eigenvalue weighted by Crippen LogP contribution is -2.35. The fourth-order valence-electron chi connectivity index (χ4n) is 3.18. The van der Waals surface area contributed by atoms with Crippen molar-refractivity contribution in [1.29, 1.82) is 0 Å². The van der Waals surface area contributed by atoms with E-state index in [4.69, 9.17) is 0 Å². The standard InChI is InChI=1S/C17H19F2N3O2/c1-10-5-11(2)22(20-10)9-17(24)21-8-13(23)7-16(21)12-3-4-14(18)15(19)6-12/h3-6,13,16,23H,7-9H2,1-2H3/t13-,16+/m1/s1. The number of nitrogens with zero attached hydrogens (tertiary/aromatic N) is 3. The van der Waals surface area contributed by atoms with Crippen LogP contribution in [0.15, 0.2) is 24.3 Å². The van der Waals surface area contributed by atoms with Crippen LogP contribution >= 0.6 is 0 Å². The van der Waals surface area contributed by atoms with E-state index in [9.17, 15) is 18.7 Å². The average Bonchev–Trinajstić information content (AvgIpc) is 3.04. The van der Waals surface area contributed by atoms with E-state index < -0.39 is 23.8 Å². The van der Waals surface area contributed by atoms with E-state index in [1.807, 2.05) is 19.9 Å². The number of hydrogen-bond acceptors (Lipinski definition) is 3. The SMILES string of the molecule is Cc1cc(C)n(CC(=O)N2C[C@H](O)C[C@H]2c2ccc(F)c(F)c2)n1. The van der Waals surface area contributed by atoms with Crippen LogP contribution in [0.3, 0.4) is 0 Å². The summed E-state index contributed by atoms with van der Waals surface area (Å²) >= 11 is 0. The first-order valence-electron chi connectivity index (χ1n) is 7.78. The van der Waals surface area contributed by atoms with Gasteiger partial charge in [0, 0.05) is 12.2 Å². The Balaban J connectivity index is 1.83. The lowest BCUT2D eigenvalue weighted by atomic mass is 10.0. The van der Waals surface area contributed by atoms with Crippen molar-refractivity contribution < 1.29 is 18.7 Å². The van der Waals surface area contributed by atoms with Gasteiger partial charge in [-0.25, -0.2) is 8.78 Å². The fourth-order valence-corrected chi connectivity index (χ4v) is 3.18. The lowest BCUT2D eigenvalue weighted by molar-refractivity contribution is -0.133. The van der Waals surface area contributed by atoms with Crippen LogP contribution in [0.1, 0.15) is 29.4 Å². The number of aryl methyl sites for hydroxylation is 2. The minimum absolute atomic E-state index is 0.0482. The maximum atomic E-state index is 13.5. The Morgan fingerprint density at radius 1 is 1.29 bits per heavy atom. The number of carbonyl (C=O) groups excluding carboxylic acids is 1. The number of carbonyl (C=O) groups is 1. The van der Waals surface area contributed by atoms with Crippen molar-refractivity contribution in [2.24, 2.45) is 0 Å². The second-order valence-electron chi connectivity index (χ2n) is 6.21. The molecule has 1 aliphatic rings. The quantitative estimate of drug-likeness (QED) is 0.935. The van der Waals surface area contributed by atoms with E-state index in [1.54, 1.807) is 4.68 Å². The molecular formula is C17H19F2N3O2. The predicted molar refractivity (Wildman–Crippen MR) is 83.1 cm³/mol. The highest BCUT2D eigenvalue weighted by atomic mass is 19.2. The Hall–Kier alpha value is -2.28. The molecule has 0 bridgehead atoms. The normalized spacial score (nSPS) is 20.6. The smallest absolute Gasteiger partial charge is 0.244 e. The van der Waals surface area contributed by atoms with E-state index in [1.165, 1.54) is 11.0 Å². The maximum absolute atomic E-state index is 13.5. The third-order valence-corrected chi connectivity index (χ3v) is 4.32. The highest BCUT2D eigenvalue weighted by molar-refractivity contribution is 5.77. The Morgan fingerprint density at radius 2 is 2.04 bits per heavy atom. The summed E-state index contributed by atoms with van der Waals surface area (Å²) in [7, 11) is 0. The Labute approximate surface area is 138 Å². The van der Waals surface area contributed by atoms with Gasteiger partial charge in [-0.05, 0) is 44.0 Å². The van der Waals surface area contributed by atoms with E-state index in [-0.39, 0.29) is 19.0 Å². The topological polar surface area (TPSA) is 58.4 Å². The van der Waals surface area contributed by atoms with Gasteiger partial charge >= 0.3 is 0 Å². The monoisotopic (exact) mass is 335 g/mol. The molecule has 0 saturated carbocycles. The number of halogens is 2. The van der Waals surface area contributed by atoms with Gasteiger partial charge in [0.1, 0.15) is 6.54 Å². The molecule has 0 spiro atoms. The number of aliphatic hydroxyl groups is 1. The van der Waals surface area contributed by atoms with Crippen molar-refractivity contribution in [1.82, 2.24) is 14.7 Å². The van der Waals surface area contributed by atoms with E-state index in [2.05, 4.69) is 5.10 Å². The maximum Gasteiger partial charge on any atom is 0.244 e. The molecule has 2 heterocycles. The fraction of sp³-hybridized carbons (Fsp3) is 0.412. The van der Waals surface area contributed by atoms with Gasteiger partial charge in [-0.2, -0.15) is 5.10 Å². The van der Waals surface area contributed by atoms with Crippen molar-refractivity contribution >= 4 is 5.91 Å². The third kappa shape index (κ3) is 3.17. The Morgan fingerprint density at radius 3 is 2.67 bits per heavy atom. The van der Waals surface area contributed by atoms with Crippen LogP contribution < -0.4 is 0 Å². The van der Waals surface area contributed by atoms with Gasteiger partial charge in [0.05, 0.1) is 17.8 Å². The van der Waals surface area contributed by atoms with Crippen molar-refractivity contribution in [3.05, 3.63) is 52.9 Å². The van der Waals surface area contributed by atoms with Crippen LogP contribution in [0.5, 0.6) is 0 Å².